The van der Waals surface area contributed by atoms with Crippen molar-refractivity contribution in [1.29, 1.82) is 0 Å². The van der Waals surface area contributed by atoms with Crippen molar-refractivity contribution in [2.75, 3.05) is 0 Å². The molecule has 0 bridgehead atoms. The topological polar surface area (TPSA) is 17.8 Å². The lowest BCUT2D eigenvalue weighted by atomic mass is 10.2. The van der Waals surface area contributed by atoms with E-state index >= 15 is 0 Å². The lowest BCUT2D eigenvalue weighted by Crippen LogP contribution is -1.94. The molecule has 2 aromatic carbocycles. The molecular formula is C19H14BrCl2FN2. The van der Waals surface area contributed by atoms with E-state index in [1.165, 1.54) is 6.07 Å². The molecule has 3 rings (SSSR count). The van der Waals surface area contributed by atoms with E-state index in [2.05, 4.69) is 20.9 Å². The zero-order chi connectivity index (χ0) is 18.0. The van der Waals surface area contributed by atoms with Gasteiger partial charge in [0.2, 0.25) is 0 Å². The predicted octanol–water partition coefficient (Wildman–Crippen LogP) is 6.95. The highest BCUT2D eigenvalue weighted by molar-refractivity contribution is 9.10. The number of imidazole rings is 1. The second-order valence-corrected chi connectivity index (χ2v) is 7.15. The molecule has 0 fully saturated rings. The molecule has 3 aromatic rings. The van der Waals surface area contributed by atoms with E-state index in [1.807, 2.05) is 23.8 Å². The summed E-state index contributed by atoms with van der Waals surface area (Å²) in [4.78, 5) is 4.62. The molecule has 0 N–H and O–H groups in total. The van der Waals surface area contributed by atoms with Gasteiger partial charge in [0.25, 0.3) is 0 Å². The second kappa shape index (κ2) is 7.73. The maximum Gasteiger partial charge on any atom is 0.133 e. The number of hydrogen-bond donors (Lipinski definition) is 0. The number of hydrogen-bond acceptors (Lipinski definition) is 1. The molecule has 6 heteroatoms. The third-order valence-electron chi connectivity index (χ3n) is 3.73. The Bertz CT molecular complexity index is 951. The standard InChI is InChI=1S/C19H14BrCl2FN2/c1-2-25-11-18(15-6-5-14(21)10-16(15)22)24-19(25)8-3-12-9-13(20)4-7-17(12)23/h3-11H,2H2,1H3/b8-3+. The minimum atomic E-state index is -0.282. The number of benzene rings is 2. The highest BCUT2D eigenvalue weighted by Gasteiger charge is 2.11. The first-order valence-corrected chi connectivity index (χ1v) is 9.18. The summed E-state index contributed by atoms with van der Waals surface area (Å²) < 4.78 is 16.7. The lowest BCUT2D eigenvalue weighted by Gasteiger charge is -2.00. The van der Waals surface area contributed by atoms with Gasteiger partial charge in [-0.3, -0.25) is 0 Å². The van der Waals surface area contributed by atoms with Gasteiger partial charge in [0, 0.05) is 33.4 Å². The number of aryl methyl sites for hydroxylation is 1. The molecular weight excluding hydrogens is 426 g/mol. The largest absolute Gasteiger partial charge is 0.331 e. The van der Waals surface area contributed by atoms with Gasteiger partial charge in [0.15, 0.2) is 0 Å². The van der Waals surface area contributed by atoms with Gasteiger partial charge < -0.3 is 4.57 Å². The van der Waals surface area contributed by atoms with E-state index in [1.54, 1.807) is 36.4 Å². The first kappa shape index (κ1) is 18.2. The summed E-state index contributed by atoms with van der Waals surface area (Å²) in [5.74, 6) is 0.443. The van der Waals surface area contributed by atoms with E-state index in [-0.39, 0.29) is 5.82 Å². The molecule has 1 aromatic heterocycles. The van der Waals surface area contributed by atoms with Crippen molar-refractivity contribution in [3.63, 3.8) is 0 Å². The van der Waals surface area contributed by atoms with E-state index in [9.17, 15) is 4.39 Å². The first-order valence-electron chi connectivity index (χ1n) is 7.63. The van der Waals surface area contributed by atoms with Crippen LogP contribution in [0.2, 0.25) is 10.0 Å². The molecule has 25 heavy (non-hydrogen) atoms. The van der Waals surface area contributed by atoms with Crippen LogP contribution >= 0.6 is 39.1 Å². The van der Waals surface area contributed by atoms with Crippen LogP contribution in [0.3, 0.4) is 0 Å². The Hall–Kier alpha value is -1.62. The van der Waals surface area contributed by atoms with Crippen LogP contribution in [0.15, 0.2) is 47.1 Å². The molecule has 0 amide bonds. The maximum absolute atomic E-state index is 13.9. The van der Waals surface area contributed by atoms with Crippen LogP contribution in [-0.4, -0.2) is 9.55 Å². The monoisotopic (exact) mass is 438 g/mol. The number of aromatic nitrogens is 2. The van der Waals surface area contributed by atoms with Gasteiger partial charge in [-0.15, -0.1) is 0 Å². The Morgan fingerprint density at radius 3 is 2.68 bits per heavy atom. The van der Waals surface area contributed by atoms with Crippen LogP contribution in [0.25, 0.3) is 23.4 Å². The minimum absolute atomic E-state index is 0.282. The van der Waals surface area contributed by atoms with Gasteiger partial charge in [-0.1, -0.05) is 39.1 Å². The molecule has 0 spiro atoms. The van der Waals surface area contributed by atoms with Gasteiger partial charge >= 0.3 is 0 Å². The summed E-state index contributed by atoms with van der Waals surface area (Å²) in [5.41, 5.74) is 2.05. The summed E-state index contributed by atoms with van der Waals surface area (Å²) in [6.07, 6.45) is 5.43. The zero-order valence-electron chi connectivity index (χ0n) is 13.3. The van der Waals surface area contributed by atoms with Crippen LogP contribution in [0.4, 0.5) is 4.39 Å². The third kappa shape index (κ3) is 4.14. The molecule has 0 unspecified atom stereocenters. The van der Waals surface area contributed by atoms with Gasteiger partial charge in [-0.25, -0.2) is 9.37 Å². The summed E-state index contributed by atoms with van der Waals surface area (Å²) >= 11 is 15.6. The Morgan fingerprint density at radius 2 is 1.96 bits per heavy atom. The van der Waals surface area contributed by atoms with Crippen LogP contribution in [0.1, 0.15) is 18.3 Å². The number of nitrogens with zero attached hydrogens (tertiary/aromatic N) is 2. The Morgan fingerprint density at radius 1 is 1.16 bits per heavy atom. The SMILES string of the molecule is CCn1cc(-c2ccc(Cl)cc2Cl)nc1/C=C/c1cc(Br)ccc1F. The number of rotatable bonds is 4. The van der Waals surface area contributed by atoms with Crippen molar-refractivity contribution in [1.82, 2.24) is 9.55 Å². The minimum Gasteiger partial charge on any atom is -0.331 e. The predicted molar refractivity (Wildman–Crippen MR) is 106 cm³/mol. The average Bonchev–Trinajstić information content (AvgIpc) is 2.98. The molecule has 2 nitrogen and oxygen atoms in total. The molecule has 0 atom stereocenters. The third-order valence-corrected chi connectivity index (χ3v) is 4.77. The molecule has 0 aliphatic rings. The summed E-state index contributed by atoms with van der Waals surface area (Å²) in [7, 11) is 0. The molecule has 0 aliphatic carbocycles. The Balaban J connectivity index is 1.98. The fraction of sp³-hybridized carbons (Fsp3) is 0.105. The number of halogens is 4. The van der Waals surface area contributed by atoms with Crippen molar-refractivity contribution in [3.8, 4) is 11.3 Å². The Labute approximate surface area is 164 Å². The van der Waals surface area contributed by atoms with Gasteiger partial charge in [0.05, 0.1) is 10.7 Å². The highest BCUT2D eigenvalue weighted by atomic mass is 79.9. The molecule has 1 heterocycles. The highest BCUT2D eigenvalue weighted by Crippen LogP contribution is 2.30. The molecule has 0 aliphatic heterocycles. The fourth-order valence-corrected chi connectivity index (χ4v) is 3.33. The van der Waals surface area contributed by atoms with Crippen LogP contribution in [0, 0.1) is 5.82 Å². The van der Waals surface area contributed by atoms with Crippen molar-refractivity contribution in [3.05, 3.63) is 74.3 Å². The molecule has 0 saturated carbocycles. The molecule has 0 radical (unpaired) electrons. The van der Waals surface area contributed by atoms with E-state index in [4.69, 9.17) is 23.2 Å². The van der Waals surface area contributed by atoms with Crippen molar-refractivity contribution in [2.24, 2.45) is 0 Å². The van der Waals surface area contributed by atoms with Crippen LogP contribution in [-0.2, 0) is 6.54 Å². The summed E-state index contributed by atoms with van der Waals surface area (Å²) in [6.45, 7) is 2.75. The van der Waals surface area contributed by atoms with E-state index in [0.29, 0.717) is 15.6 Å². The lowest BCUT2D eigenvalue weighted by molar-refractivity contribution is 0.625. The maximum atomic E-state index is 13.9. The normalized spacial score (nSPS) is 11.4. The Kier molecular flexibility index (Phi) is 5.62. The van der Waals surface area contributed by atoms with Crippen LogP contribution < -0.4 is 0 Å². The smallest absolute Gasteiger partial charge is 0.133 e. The zero-order valence-corrected chi connectivity index (χ0v) is 16.4. The molecule has 128 valence electrons. The second-order valence-electron chi connectivity index (χ2n) is 5.39. The summed E-state index contributed by atoms with van der Waals surface area (Å²) in [6, 6.07) is 10.1. The van der Waals surface area contributed by atoms with E-state index in [0.717, 1.165) is 28.1 Å². The van der Waals surface area contributed by atoms with Gasteiger partial charge in [0.1, 0.15) is 11.6 Å². The van der Waals surface area contributed by atoms with Gasteiger partial charge in [-0.2, -0.15) is 0 Å². The fourth-order valence-electron chi connectivity index (χ4n) is 2.45. The van der Waals surface area contributed by atoms with Crippen molar-refractivity contribution < 1.29 is 4.39 Å². The quantitative estimate of drug-likeness (QED) is 0.430. The first-order chi connectivity index (χ1) is 12.0. The molecule has 0 saturated heterocycles. The van der Waals surface area contributed by atoms with Crippen LogP contribution in [0.5, 0.6) is 0 Å². The summed E-state index contributed by atoms with van der Waals surface area (Å²) in [5, 5.41) is 1.12. The van der Waals surface area contributed by atoms with Gasteiger partial charge in [-0.05, 0) is 55.5 Å². The average molecular weight is 440 g/mol. The van der Waals surface area contributed by atoms with Crippen molar-refractivity contribution in [2.45, 2.75) is 13.5 Å². The van der Waals surface area contributed by atoms with E-state index < -0.39 is 0 Å². The van der Waals surface area contributed by atoms with Crippen molar-refractivity contribution >= 4 is 51.3 Å².